The quantitative estimate of drug-likeness (QED) is 0.568. The molecule has 2 unspecified atom stereocenters. The summed E-state index contributed by atoms with van der Waals surface area (Å²) in [5.74, 6) is 0.0771. The molecule has 1 N–H and O–H groups in total. The van der Waals surface area contributed by atoms with Crippen molar-refractivity contribution in [1.29, 1.82) is 0 Å². The van der Waals surface area contributed by atoms with Gasteiger partial charge in [-0.05, 0) is 32.0 Å². The van der Waals surface area contributed by atoms with Gasteiger partial charge in [0.05, 0.1) is 29.6 Å². The van der Waals surface area contributed by atoms with Crippen molar-refractivity contribution in [3.63, 3.8) is 0 Å². The van der Waals surface area contributed by atoms with Gasteiger partial charge < -0.3 is 15.0 Å². The van der Waals surface area contributed by atoms with Crippen molar-refractivity contribution in [3.8, 4) is 17.3 Å². The van der Waals surface area contributed by atoms with E-state index in [0.29, 0.717) is 35.7 Å². The Balaban J connectivity index is 1.68. The highest BCUT2D eigenvalue weighted by Gasteiger charge is 2.36. The number of ether oxygens (including phenoxy) is 1. The fraction of sp³-hybridized carbons (Fsp3) is 0.318. The number of pyridine rings is 2. The fourth-order valence-corrected chi connectivity index (χ4v) is 3.77. The Kier molecular flexibility index (Phi) is 6.28. The summed E-state index contributed by atoms with van der Waals surface area (Å²) in [6, 6.07) is 7.49. The van der Waals surface area contributed by atoms with Crippen molar-refractivity contribution in [2.45, 2.75) is 31.8 Å². The number of aromatic nitrogens is 4. The van der Waals surface area contributed by atoms with Crippen LogP contribution in [0.2, 0.25) is 0 Å². The summed E-state index contributed by atoms with van der Waals surface area (Å²) in [5.41, 5.74) is 2.07. The first-order valence-corrected chi connectivity index (χ1v) is 10.8. The van der Waals surface area contributed by atoms with Crippen LogP contribution in [0, 0.1) is 0 Å². The van der Waals surface area contributed by atoms with E-state index < -0.39 is 11.3 Å². The highest BCUT2D eigenvalue weighted by atomic mass is 31.0. The van der Waals surface area contributed by atoms with Gasteiger partial charge in [0.1, 0.15) is 5.41 Å². The van der Waals surface area contributed by atoms with Gasteiger partial charge in [-0.25, -0.2) is 19.3 Å². The third-order valence-electron chi connectivity index (χ3n) is 4.89. The van der Waals surface area contributed by atoms with E-state index in [1.807, 2.05) is 36.9 Å². The molecule has 1 aliphatic rings. The van der Waals surface area contributed by atoms with E-state index in [4.69, 9.17) is 4.74 Å². The first-order chi connectivity index (χ1) is 15.3. The van der Waals surface area contributed by atoms with Crippen LogP contribution in [0.3, 0.4) is 0 Å². The van der Waals surface area contributed by atoms with E-state index in [1.54, 1.807) is 18.5 Å². The van der Waals surface area contributed by atoms with Crippen LogP contribution in [0.15, 0.2) is 49.1 Å². The van der Waals surface area contributed by atoms with Crippen LogP contribution >= 0.6 is 9.24 Å². The number of alkyl halides is 1. The molecule has 0 bridgehead atoms. The summed E-state index contributed by atoms with van der Waals surface area (Å²) in [6.45, 7) is 4.37. The predicted molar refractivity (Wildman–Crippen MR) is 124 cm³/mol. The SMILES string of the molecule is CC(C)Oc1ncc(C(=O)Nc2c(-c3ccccn3)ccnc2N2CCC(F)(P)C2)cn1. The standard InChI is InChI=1S/C22H24FN6O2P/c1-14(2)31-21-26-11-15(12-27-21)20(30)28-18-16(17-5-3-4-8-24-17)6-9-25-19(18)29-10-7-22(23,32)13-29/h3-6,8-9,11-12,14H,7,10,13,32H2,1-2H3,(H,28,30). The first-order valence-electron chi connectivity index (χ1n) is 10.3. The fourth-order valence-electron chi connectivity index (χ4n) is 3.42. The van der Waals surface area contributed by atoms with E-state index in [1.165, 1.54) is 12.4 Å². The second-order valence-electron chi connectivity index (χ2n) is 7.85. The third kappa shape index (κ3) is 4.99. The molecule has 3 aromatic rings. The van der Waals surface area contributed by atoms with E-state index in [0.717, 1.165) is 0 Å². The second kappa shape index (κ2) is 9.12. The number of anilines is 2. The number of carbonyl (C=O) groups excluding carboxylic acids is 1. The van der Waals surface area contributed by atoms with Crippen LogP contribution in [0.25, 0.3) is 11.3 Å². The first kappa shape index (κ1) is 22.0. The van der Waals surface area contributed by atoms with Crippen LogP contribution in [0.4, 0.5) is 15.9 Å². The molecule has 4 rings (SSSR count). The molecule has 0 aliphatic carbocycles. The number of rotatable bonds is 6. The van der Waals surface area contributed by atoms with Crippen LogP contribution in [0.5, 0.6) is 6.01 Å². The maximum absolute atomic E-state index is 14.5. The Bertz CT molecular complexity index is 1100. The van der Waals surface area contributed by atoms with E-state index in [-0.39, 0.29) is 24.2 Å². The van der Waals surface area contributed by atoms with Crippen molar-refractivity contribution in [1.82, 2.24) is 19.9 Å². The molecule has 0 radical (unpaired) electrons. The normalized spacial score (nSPS) is 18.1. The smallest absolute Gasteiger partial charge is 0.316 e. The van der Waals surface area contributed by atoms with Crippen molar-refractivity contribution < 1.29 is 13.9 Å². The minimum Gasteiger partial charge on any atom is -0.461 e. The summed E-state index contributed by atoms with van der Waals surface area (Å²) in [7, 11) is 2.26. The average Bonchev–Trinajstić information content (AvgIpc) is 3.14. The Morgan fingerprint density at radius 2 is 1.97 bits per heavy atom. The van der Waals surface area contributed by atoms with Gasteiger partial charge >= 0.3 is 6.01 Å². The molecule has 32 heavy (non-hydrogen) atoms. The van der Waals surface area contributed by atoms with Gasteiger partial charge in [0.2, 0.25) is 0 Å². The topological polar surface area (TPSA) is 93.1 Å². The number of hydrogen-bond donors (Lipinski definition) is 1. The van der Waals surface area contributed by atoms with Crippen molar-refractivity contribution in [2.24, 2.45) is 0 Å². The maximum atomic E-state index is 14.5. The van der Waals surface area contributed by atoms with Gasteiger partial charge in [-0.3, -0.25) is 9.78 Å². The Morgan fingerprint density at radius 1 is 1.19 bits per heavy atom. The van der Waals surface area contributed by atoms with Crippen LogP contribution < -0.4 is 15.0 Å². The molecule has 4 heterocycles. The zero-order valence-corrected chi connectivity index (χ0v) is 19.0. The lowest BCUT2D eigenvalue weighted by Crippen LogP contribution is -2.26. The van der Waals surface area contributed by atoms with Gasteiger partial charge in [0.15, 0.2) is 5.82 Å². The molecule has 0 spiro atoms. The molecule has 1 aliphatic heterocycles. The number of amides is 1. The Labute approximate surface area is 187 Å². The zero-order valence-electron chi connectivity index (χ0n) is 17.8. The van der Waals surface area contributed by atoms with Crippen LogP contribution in [-0.4, -0.2) is 50.4 Å². The number of nitrogens with one attached hydrogen (secondary N) is 1. The molecular formula is C22H24FN6O2P. The van der Waals surface area contributed by atoms with Crippen molar-refractivity contribution in [3.05, 3.63) is 54.6 Å². The van der Waals surface area contributed by atoms with Gasteiger partial charge in [-0.2, -0.15) is 0 Å². The minimum absolute atomic E-state index is 0.0756. The highest BCUT2D eigenvalue weighted by molar-refractivity contribution is 7.18. The highest BCUT2D eigenvalue weighted by Crippen LogP contribution is 2.40. The summed E-state index contributed by atoms with van der Waals surface area (Å²) in [4.78, 5) is 31.9. The zero-order chi connectivity index (χ0) is 22.7. The van der Waals surface area contributed by atoms with E-state index in [9.17, 15) is 9.18 Å². The monoisotopic (exact) mass is 454 g/mol. The Morgan fingerprint density at radius 3 is 2.59 bits per heavy atom. The second-order valence-corrected chi connectivity index (χ2v) is 8.89. The number of halogens is 1. The molecule has 8 nitrogen and oxygen atoms in total. The molecule has 0 aromatic carbocycles. The lowest BCUT2D eigenvalue weighted by atomic mass is 10.1. The molecular weight excluding hydrogens is 430 g/mol. The Hall–Kier alpha value is -3.19. The van der Waals surface area contributed by atoms with Gasteiger partial charge in [0.25, 0.3) is 5.91 Å². The average molecular weight is 454 g/mol. The molecule has 1 fully saturated rings. The van der Waals surface area contributed by atoms with Crippen LogP contribution in [0.1, 0.15) is 30.6 Å². The van der Waals surface area contributed by atoms with E-state index in [2.05, 4.69) is 34.5 Å². The summed E-state index contributed by atoms with van der Waals surface area (Å²) in [5, 5.41) is 1.53. The summed E-state index contributed by atoms with van der Waals surface area (Å²) in [6.07, 6.45) is 6.40. The van der Waals surface area contributed by atoms with Crippen molar-refractivity contribution >= 4 is 26.7 Å². The third-order valence-corrected chi connectivity index (χ3v) is 5.36. The minimum atomic E-state index is -1.40. The molecule has 1 saturated heterocycles. The van der Waals surface area contributed by atoms with E-state index >= 15 is 0 Å². The van der Waals surface area contributed by atoms with Gasteiger partial charge in [0, 0.05) is 43.3 Å². The van der Waals surface area contributed by atoms with Crippen molar-refractivity contribution in [2.75, 3.05) is 23.3 Å². The lowest BCUT2D eigenvalue weighted by molar-refractivity contribution is 0.102. The largest absolute Gasteiger partial charge is 0.461 e. The number of hydrogen-bond acceptors (Lipinski definition) is 7. The molecule has 10 heteroatoms. The number of nitrogens with zero attached hydrogens (tertiary/aromatic N) is 5. The predicted octanol–water partition coefficient (Wildman–Crippen LogP) is 3.72. The molecule has 166 valence electrons. The molecule has 1 amide bonds. The maximum Gasteiger partial charge on any atom is 0.316 e. The summed E-state index contributed by atoms with van der Waals surface area (Å²) < 4.78 is 20.0. The summed E-state index contributed by atoms with van der Waals surface area (Å²) >= 11 is 0. The van der Waals surface area contributed by atoms with Gasteiger partial charge in [-0.15, -0.1) is 0 Å². The lowest BCUT2D eigenvalue weighted by Gasteiger charge is -2.23. The molecule has 0 saturated carbocycles. The van der Waals surface area contributed by atoms with Gasteiger partial charge in [-0.1, -0.05) is 15.3 Å². The number of carbonyl (C=O) groups is 1. The molecule has 3 aromatic heterocycles. The van der Waals surface area contributed by atoms with Crippen LogP contribution in [-0.2, 0) is 0 Å². The molecule has 2 atom stereocenters.